The molecule has 6 aliphatic rings. The molecule has 1 saturated heterocycles. The van der Waals surface area contributed by atoms with E-state index < -0.39 is 11.2 Å². The first kappa shape index (κ1) is 21.2. The Morgan fingerprint density at radius 2 is 1.88 bits per heavy atom. The van der Waals surface area contributed by atoms with Gasteiger partial charge < -0.3 is 24.2 Å². The largest absolute Gasteiger partial charge is 0.493 e. The smallest absolute Gasteiger partial charge is 0.165 e. The van der Waals surface area contributed by atoms with Crippen molar-refractivity contribution in [2.75, 3.05) is 27.8 Å². The van der Waals surface area contributed by atoms with Crippen LogP contribution < -0.4 is 9.47 Å². The van der Waals surface area contributed by atoms with Crippen LogP contribution in [-0.2, 0) is 16.6 Å². The first-order valence-corrected chi connectivity index (χ1v) is 12.3. The van der Waals surface area contributed by atoms with Crippen molar-refractivity contribution >= 4 is 0 Å². The van der Waals surface area contributed by atoms with E-state index >= 15 is 0 Å². The number of rotatable bonds is 3. The zero-order valence-electron chi connectivity index (χ0n) is 20.7. The molecule has 2 heterocycles. The van der Waals surface area contributed by atoms with Crippen molar-refractivity contribution in [3.8, 4) is 11.5 Å². The van der Waals surface area contributed by atoms with E-state index in [1.807, 2.05) is 14.0 Å². The maximum Gasteiger partial charge on any atom is 0.165 e. The number of hydrogen-bond donors (Lipinski definition) is 1. The highest BCUT2D eigenvalue weighted by Crippen LogP contribution is 2.77. The Morgan fingerprint density at radius 1 is 1.12 bits per heavy atom. The van der Waals surface area contributed by atoms with Gasteiger partial charge in [-0.1, -0.05) is 26.8 Å². The quantitative estimate of drug-likeness (QED) is 0.770. The van der Waals surface area contributed by atoms with Crippen molar-refractivity contribution in [2.24, 2.45) is 16.7 Å². The van der Waals surface area contributed by atoms with Crippen molar-refractivity contribution in [2.45, 2.75) is 88.6 Å². The van der Waals surface area contributed by atoms with E-state index in [2.05, 4.69) is 44.9 Å². The van der Waals surface area contributed by atoms with E-state index in [-0.39, 0.29) is 28.3 Å². The maximum absolute atomic E-state index is 12.1. The molecule has 0 radical (unpaired) electrons. The SMILES string of the molecule is COc1ccc2c3c1OC1[C@@]4(OC)CC[C@@]5(C[C@@H]4[C@@](C)(O)C(C)(C)C)C(C2)N(C)CC[C@]315. The Hall–Kier alpha value is -1.30. The van der Waals surface area contributed by atoms with Crippen LogP contribution in [0.1, 0.15) is 64.5 Å². The molecule has 32 heavy (non-hydrogen) atoms. The van der Waals surface area contributed by atoms with E-state index in [0.29, 0.717) is 6.04 Å². The van der Waals surface area contributed by atoms with Crippen LogP contribution in [0.3, 0.4) is 0 Å². The normalized spacial score (nSPS) is 43.4. The van der Waals surface area contributed by atoms with E-state index in [1.54, 1.807) is 7.11 Å². The van der Waals surface area contributed by atoms with Crippen molar-refractivity contribution < 1.29 is 19.3 Å². The molecule has 1 aromatic rings. The molecule has 4 fully saturated rings. The third-order valence-corrected chi connectivity index (χ3v) is 11.0. The highest BCUT2D eigenvalue weighted by Gasteiger charge is 2.82. The molecule has 5 nitrogen and oxygen atoms in total. The minimum Gasteiger partial charge on any atom is -0.493 e. The lowest BCUT2D eigenvalue weighted by Crippen LogP contribution is -2.83. The van der Waals surface area contributed by atoms with E-state index in [4.69, 9.17) is 14.2 Å². The van der Waals surface area contributed by atoms with E-state index in [1.165, 1.54) is 11.1 Å². The van der Waals surface area contributed by atoms with Crippen LogP contribution in [0.4, 0.5) is 0 Å². The Morgan fingerprint density at radius 3 is 2.53 bits per heavy atom. The summed E-state index contributed by atoms with van der Waals surface area (Å²) in [5.41, 5.74) is 1.17. The number of nitrogens with zero attached hydrogens (tertiary/aromatic N) is 1. The average Bonchev–Trinajstić information content (AvgIpc) is 3.12. The molecular formula is C27H39NO4. The van der Waals surface area contributed by atoms with Gasteiger partial charge >= 0.3 is 0 Å². The maximum atomic E-state index is 12.1. The van der Waals surface area contributed by atoms with Crippen LogP contribution in [0.5, 0.6) is 11.5 Å². The number of likely N-dealkylation sites (N-methyl/N-ethyl adjacent to an activating group) is 1. The van der Waals surface area contributed by atoms with Gasteiger partial charge in [-0.3, -0.25) is 0 Å². The monoisotopic (exact) mass is 441 g/mol. The summed E-state index contributed by atoms with van der Waals surface area (Å²) in [6, 6.07) is 4.82. The Bertz CT molecular complexity index is 983. The van der Waals surface area contributed by atoms with Gasteiger partial charge in [0.15, 0.2) is 11.5 Å². The fraction of sp³-hybridized carbons (Fsp3) is 0.778. The number of piperidine rings is 1. The molecule has 2 spiro atoms. The summed E-state index contributed by atoms with van der Waals surface area (Å²) in [7, 11) is 5.89. The zero-order valence-corrected chi connectivity index (χ0v) is 20.7. The Balaban J connectivity index is 1.65. The van der Waals surface area contributed by atoms with Crippen molar-refractivity contribution in [3.05, 3.63) is 23.3 Å². The summed E-state index contributed by atoms with van der Waals surface area (Å²) < 4.78 is 19.4. The van der Waals surface area contributed by atoms with Crippen LogP contribution in [0.15, 0.2) is 12.1 Å². The van der Waals surface area contributed by atoms with Gasteiger partial charge in [0.2, 0.25) is 0 Å². The highest BCUT2D eigenvalue weighted by atomic mass is 16.6. The molecule has 7 atom stereocenters. The number of ether oxygens (including phenoxy) is 3. The van der Waals surface area contributed by atoms with Gasteiger partial charge in [-0.05, 0) is 69.7 Å². The molecule has 4 bridgehead atoms. The minimum atomic E-state index is -0.882. The predicted molar refractivity (Wildman–Crippen MR) is 123 cm³/mol. The van der Waals surface area contributed by atoms with Crippen LogP contribution in [0.2, 0.25) is 0 Å². The van der Waals surface area contributed by atoms with Gasteiger partial charge in [-0.25, -0.2) is 0 Å². The van der Waals surface area contributed by atoms with E-state index in [9.17, 15) is 5.11 Å². The molecule has 2 unspecified atom stereocenters. The average molecular weight is 442 g/mol. The van der Waals surface area contributed by atoms with Crippen LogP contribution in [-0.4, -0.2) is 61.2 Å². The molecule has 0 amide bonds. The number of hydrogen-bond acceptors (Lipinski definition) is 5. The number of aliphatic hydroxyl groups is 1. The second kappa shape index (κ2) is 6.03. The van der Waals surface area contributed by atoms with Gasteiger partial charge in [0.1, 0.15) is 11.7 Å². The number of benzene rings is 1. The number of methoxy groups -OCH3 is 2. The predicted octanol–water partition coefficient (Wildman–Crippen LogP) is 3.94. The zero-order chi connectivity index (χ0) is 22.9. The topological polar surface area (TPSA) is 51.2 Å². The van der Waals surface area contributed by atoms with Crippen molar-refractivity contribution in [3.63, 3.8) is 0 Å². The molecule has 3 saturated carbocycles. The van der Waals surface area contributed by atoms with Crippen molar-refractivity contribution in [1.29, 1.82) is 0 Å². The number of likely N-dealkylation sites (tertiary alicyclic amines) is 1. The molecule has 5 heteroatoms. The summed E-state index contributed by atoms with van der Waals surface area (Å²) in [5, 5.41) is 12.1. The van der Waals surface area contributed by atoms with Crippen LogP contribution in [0, 0.1) is 16.7 Å². The lowest BCUT2D eigenvalue weighted by atomic mass is 9.33. The van der Waals surface area contributed by atoms with Crippen molar-refractivity contribution in [1.82, 2.24) is 4.90 Å². The summed E-state index contributed by atoms with van der Waals surface area (Å²) in [5.74, 6) is 1.79. The highest BCUT2D eigenvalue weighted by molar-refractivity contribution is 5.63. The third kappa shape index (κ3) is 2.01. The fourth-order valence-electron chi connectivity index (χ4n) is 9.01. The van der Waals surface area contributed by atoms with Crippen LogP contribution >= 0.6 is 0 Å². The third-order valence-electron chi connectivity index (χ3n) is 11.0. The lowest BCUT2D eigenvalue weighted by molar-refractivity contribution is -0.311. The molecular weight excluding hydrogens is 402 g/mol. The number of fused-ring (bicyclic) bond motifs is 2. The molecule has 7 rings (SSSR count). The molecule has 176 valence electrons. The second-order valence-corrected chi connectivity index (χ2v) is 12.5. The summed E-state index contributed by atoms with van der Waals surface area (Å²) in [6.45, 7) is 9.59. The molecule has 2 aliphatic heterocycles. The fourth-order valence-corrected chi connectivity index (χ4v) is 9.01. The summed E-state index contributed by atoms with van der Waals surface area (Å²) in [4.78, 5) is 2.60. The standard InChI is InChI=1S/C27H39NO4/c1-23(2,3)24(4,29)18-15-25-10-11-27(18,31-7)22-26(25)12-13-28(5)19(25)14-16-8-9-17(30-6)21(32-22)20(16)26/h8-9,18-19,22,29H,10-15H2,1-7H3/t18-,19?,22?,24-,25-,26+,27-/m1/s1. The molecule has 1 N–H and O–H groups in total. The minimum absolute atomic E-state index is 0.00253. The summed E-state index contributed by atoms with van der Waals surface area (Å²) >= 11 is 0. The Kier molecular flexibility index (Phi) is 4.00. The first-order valence-electron chi connectivity index (χ1n) is 12.3. The molecule has 0 aromatic heterocycles. The Labute approximate surface area is 192 Å². The van der Waals surface area contributed by atoms with Gasteiger partial charge in [0, 0.05) is 35.5 Å². The second-order valence-electron chi connectivity index (χ2n) is 12.5. The molecule has 1 aromatic carbocycles. The van der Waals surface area contributed by atoms with Gasteiger partial charge in [0.05, 0.1) is 12.7 Å². The van der Waals surface area contributed by atoms with Crippen LogP contribution in [0.25, 0.3) is 0 Å². The van der Waals surface area contributed by atoms with Gasteiger partial charge in [-0.2, -0.15) is 0 Å². The molecule has 4 aliphatic carbocycles. The van der Waals surface area contributed by atoms with Gasteiger partial charge in [-0.15, -0.1) is 0 Å². The first-order chi connectivity index (χ1) is 15.0. The lowest BCUT2D eigenvalue weighted by Gasteiger charge is -2.75. The van der Waals surface area contributed by atoms with E-state index in [0.717, 1.165) is 50.1 Å². The summed E-state index contributed by atoms with van der Waals surface area (Å²) in [6.07, 6.45) is 5.07. The van der Waals surface area contributed by atoms with Gasteiger partial charge in [0.25, 0.3) is 0 Å².